The molecule has 0 aromatic heterocycles. The number of rotatable bonds is 3. The molecule has 0 unspecified atom stereocenters. The summed E-state index contributed by atoms with van der Waals surface area (Å²) in [7, 11) is 0. The molecule has 3 aromatic rings. The first-order valence-corrected chi connectivity index (χ1v) is 10.4. The van der Waals surface area contributed by atoms with E-state index in [9.17, 15) is 10.1 Å². The van der Waals surface area contributed by atoms with Gasteiger partial charge in [0.05, 0.1) is 16.7 Å². The van der Waals surface area contributed by atoms with Crippen molar-refractivity contribution >= 4 is 27.3 Å². The zero-order valence-corrected chi connectivity index (χ0v) is 17.7. The molecule has 3 aromatic carbocycles. The summed E-state index contributed by atoms with van der Waals surface area (Å²) in [6.07, 6.45) is 0.202. The van der Waals surface area contributed by atoms with E-state index < -0.39 is 6.23 Å². The van der Waals surface area contributed by atoms with Crippen molar-refractivity contribution in [3.8, 4) is 5.75 Å². The van der Waals surface area contributed by atoms with Gasteiger partial charge in [-0.15, -0.1) is 0 Å². The van der Waals surface area contributed by atoms with E-state index >= 15 is 0 Å². The summed E-state index contributed by atoms with van der Waals surface area (Å²) < 4.78 is 7.27. The molecule has 0 amide bonds. The number of nitrogens with zero attached hydrogens (tertiary/aromatic N) is 3. The Labute approximate surface area is 182 Å². The standard InChI is InChI=1S/C23H18BrN3O3/c1-14-5-7-15(8-6-14)20-13-21-19-12-17(24)9-10-22(19)30-23(26(21)25-20)16-3-2-4-18(11-16)27(28)29/h2-12,21,23H,13H2,1H3/t21-,23+/m1/s1. The lowest BCUT2D eigenvalue weighted by molar-refractivity contribution is -0.385. The third-order valence-electron chi connectivity index (χ3n) is 5.50. The Kier molecular flexibility index (Phi) is 4.55. The minimum atomic E-state index is -0.536. The van der Waals surface area contributed by atoms with Crippen LogP contribution in [0.4, 0.5) is 5.69 Å². The van der Waals surface area contributed by atoms with Gasteiger partial charge in [-0.2, -0.15) is 5.10 Å². The molecule has 0 spiro atoms. The molecule has 0 bridgehead atoms. The second-order valence-electron chi connectivity index (χ2n) is 7.52. The van der Waals surface area contributed by atoms with Gasteiger partial charge in [-0.3, -0.25) is 10.1 Å². The maximum Gasteiger partial charge on any atom is 0.269 e. The highest BCUT2D eigenvalue weighted by Gasteiger charge is 2.41. The van der Waals surface area contributed by atoms with E-state index in [2.05, 4.69) is 53.2 Å². The largest absolute Gasteiger partial charge is 0.464 e. The molecular weight excluding hydrogens is 446 g/mol. The van der Waals surface area contributed by atoms with Crippen LogP contribution in [0, 0.1) is 17.0 Å². The van der Waals surface area contributed by atoms with Crippen LogP contribution in [-0.4, -0.2) is 15.6 Å². The van der Waals surface area contributed by atoms with Crippen LogP contribution in [0.2, 0.25) is 0 Å². The van der Waals surface area contributed by atoms with Crippen molar-refractivity contribution in [1.82, 2.24) is 5.01 Å². The quantitative estimate of drug-likeness (QED) is 0.357. The molecule has 0 N–H and O–H groups in total. The number of nitro benzene ring substituents is 1. The van der Waals surface area contributed by atoms with Crippen molar-refractivity contribution in [3.63, 3.8) is 0 Å². The number of halogens is 1. The molecule has 2 aliphatic rings. The molecule has 7 heteroatoms. The number of ether oxygens (including phenoxy) is 1. The van der Waals surface area contributed by atoms with Crippen LogP contribution in [0.15, 0.2) is 76.3 Å². The minimum absolute atomic E-state index is 0.00758. The average Bonchev–Trinajstić information content (AvgIpc) is 3.19. The Morgan fingerprint density at radius 2 is 1.93 bits per heavy atom. The van der Waals surface area contributed by atoms with Crippen molar-refractivity contribution in [2.75, 3.05) is 0 Å². The molecular formula is C23H18BrN3O3. The maximum atomic E-state index is 11.3. The second kappa shape index (κ2) is 7.25. The van der Waals surface area contributed by atoms with E-state index in [1.807, 2.05) is 23.2 Å². The molecule has 0 fully saturated rings. The number of hydrazone groups is 1. The third-order valence-corrected chi connectivity index (χ3v) is 6.00. The molecule has 2 aliphatic heterocycles. The summed E-state index contributed by atoms with van der Waals surface area (Å²) in [5, 5.41) is 18.1. The molecule has 2 atom stereocenters. The zero-order valence-electron chi connectivity index (χ0n) is 16.2. The van der Waals surface area contributed by atoms with E-state index in [1.165, 1.54) is 11.6 Å². The molecule has 0 radical (unpaired) electrons. The van der Waals surface area contributed by atoms with Crippen molar-refractivity contribution in [2.24, 2.45) is 5.10 Å². The summed E-state index contributed by atoms with van der Waals surface area (Å²) in [6.45, 7) is 2.06. The lowest BCUT2D eigenvalue weighted by Crippen LogP contribution is -2.33. The van der Waals surface area contributed by atoms with Gasteiger partial charge in [0, 0.05) is 34.2 Å². The van der Waals surface area contributed by atoms with Crippen molar-refractivity contribution in [3.05, 3.63) is 104 Å². The first-order chi connectivity index (χ1) is 14.5. The van der Waals surface area contributed by atoms with Crippen LogP contribution in [0.5, 0.6) is 5.75 Å². The minimum Gasteiger partial charge on any atom is -0.464 e. The van der Waals surface area contributed by atoms with Gasteiger partial charge < -0.3 is 4.74 Å². The first kappa shape index (κ1) is 18.8. The molecule has 150 valence electrons. The Bertz CT molecular complexity index is 1180. The van der Waals surface area contributed by atoms with Gasteiger partial charge in [0.2, 0.25) is 6.23 Å². The third kappa shape index (κ3) is 3.25. The Morgan fingerprint density at radius 3 is 2.70 bits per heavy atom. The van der Waals surface area contributed by atoms with Gasteiger partial charge in [-0.1, -0.05) is 57.9 Å². The topological polar surface area (TPSA) is 68.0 Å². The predicted octanol–water partition coefficient (Wildman–Crippen LogP) is 5.91. The highest BCUT2D eigenvalue weighted by molar-refractivity contribution is 9.10. The van der Waals surface area contributed by atoms with Crippen molar-refractivity contribution < 1.29 is 9.66 Å². The van der Waals surface area contributed by atoms with Crippen molar-refractivity contribution in [2.45, 2.75) is 25.6 Å². The molecule has 2 heterocycles. The fraction of sp³-hybridized carbons (Fsp3) is 0.174. The summed E-state index contributed by atoms with van der Waals surface area (Å²) in [6, 6.07) is 20.8. The van der Waals surface area contributed by atoms with Gasteiger partial charge in [0.1, 0.15) is 5.75 Å². The van der Waals surface area contributed by atoms with Gasteiger partial charge in [-0.05, 0) is 30.7 Å². The number of nitro groups is 1. The van der Waals surface area contributed by atoms with Gasteiger partial charge in [0.25, 0.3) is 5.69 Å². The smallest absolute Gasteiger partial charge is 0.269 e. The Hall–Kier alpha value is -3.19. The molecule has 30 heavy (non-hydrogen) atoms. The Balaban J connectivity index is 1.60. The van der Waals surface area contributed by atoms with Gasteiger partial charge in [0.15, 0.2) is 0 Å². The second-order valence-corrected chi connectivity index (χ2v) is 8.43. The number of benzene rings is 3. The van der Waals surface area contributed by atoms with E-state index in [-0.39, 0.29) is 16.7 Å². The van der Waals surface area contributed by atoms with Gasteiger partial charge >= 0.3 is 0 Å². The van der Waals surface area contributed by atoms with Crippen LogP contribution in [0.25, 0.3) is 0 Å². The normalized spacial score (nSPS) is 19.5. The number of aryl methyl sites for hydroxylation is 1. The lowest BCUT2D eigenvalue weighted by atomic mass is 9.95. The fourth-order valence-electron chi connectivity index (χ4n) is 3.99. The highest BCUT2D eigenvalue weighted by atomic mass is 79.9. The molecule has 6 nitrogen and oxygen atoms in total. The molecule has 0 saturated carbocycles. The van der Waals surface area contributed by atoms with Crippen LogP contribution >= 0.6 is 15.9 Å². The predicted molar refractivity (Wildman–Crippen MR) is 118 cm³/mol. The van der Waals surface area contributed by atoms with E-state index in [0.29, 0.717) is 5.56 Å². The maximum absolute atomic E-state index is 11.3. The number of hydrogen-bond donors (Lipinski definition) is 0. The average molecular weight is 464 g/mol. The van der Waals surface area contributed by atoms with Crippen molar-refractivity contribution in [1.29, 1.82) is 0 Å². The van der Waals surface area contributed by atoms with E-state index in [0.717, 1.165) is 33.5 Å². The summed E-state index contributed by atoms with van der Waals surface area (Å²) in [5.74, 6) is 0.774. The lowest BCUT2D eigenvalue weighted by Gasteiger charge is -2.38. The Morgan fingerprint density at radius 1 is 1.13 bits per heavy atom. The van der Waals surface area contributed by atoms with Gasteiger partial charge in [-0.25, -0.2) is 5.01 Å². The van der Waals surface area contributed by atoms with E-state index in [1.54, 1.807) is 12.1 Å². The van der Waals surface area contributed by atoms with Crippen LogP contribution in [0.3, 0.4) is 0 Å². The van der Waals surface area contributed by atoms with Crippen LogP contribution < -0.4 is 4.74 Å². The van der Waals surface area contributed by atoms with E-state index in [4.69, 9.17) is 9.84 Å². The summed E-state index contributed by atoms with van der Waals surface area (Å²) >= 11 is 3.55. The molecule has 0 aliphatic carbocycles. The molecule has 0 saturated heterocycles. The van der Waals surface area contributed by atoms with Crippen LogP contribution in [-0.2, 0) is 0 Å². The summed E-state index contributed by atoms with van der Waals surface area (Å²) in [4.78, 5) is 10.9. The van der Waals surface area contributed by atoms with Crippen LogP contribution in [0.1, 0.15) is 40.9 Å². The number of fused-ring (bicyclic) bond motifs is 3. The first-order valence-electron chi connectivity index (χ1n) is 9.63. The highest BCUT2D eigenvalue weighted by Crippen LogP contribution is 2.48. The monoisotopic (exact) mass is 463 g/mol. The number of hydrogen-bond acceptors (Lipinski definition) is 5. The zero-order chi connectivity index (χ0) is 20.8. The summed E-state index contributed by atoms with van der Waals surface area (Å²) in [5.41, 5.74) is 5.04. The SMILES string of the molecule is Cc1ccc(C2=NN3[C@H](C2)c2cc(Br)ccc2O[C@H]3c2cccc([N+](=O)[O-])c2)cc1. The molecule has 5 rings (SSSR count). The fourth-order valence-corrected chi connectivity index (χ4v) is 4.37. The number of non-ortho nitro benzene ring substituents is 1.